The highest BCUT2D eigenvalue weighted by molar-refractivity contribution is 5.75. The number of ether oxygens (including phenoxy) is 1. The molecule has 0 spiro atoms. The van der Waals surface area contributed by atoms with Gasteiger partial charge in [0.1, 0.15) is 0 Å². The lowest BCUT2D eigenvalue weighted by atomic mass is 10.0. The van der Waals surface area contributed by atoms with E-state index >= 15 is 0 Å². The van der Waals surface area contributed by atoms with Gasteiger partial charge in [-0.3, -0.25) is 4.79 Å². The lowest BCUT2D eigenvalue weighted by Crippen LogP contribution is -2.39. The van der Waals surface area contributed by atoms with Gasteiger partial charge in [-0.05, 0) is 19.8 Å². The molecule has 0 aromatic carbocycles. The standard InChI is InChI=1S/C10H20N2O2/c1-8-7-9(4-6-14-8)12-5-3-10(13)11-2/h8-9,12H,3-7H2,1-2H3,(H,11,13). The molecule has 1 fully saturated rings. The van der Waals surface area contributed by atoms with Gasteiger partial charge in [-0.25, -0.2) is 0 Å². The highest BCUT2D eigenvalue weighted by atomic mass is 16.5. The second-order valence-corrected chi connectivity index (χ2v) is 3.78. The third-order valence-corrected chi connectivity index (χ3v) is 2.55. The number of hydrogen-bond donors (Lipinski definition) is 2. The topological polar surface area (TPSA) is 50.4 Å². The molecule has 1 rings (SSSR count). The van der Waals surface area contributed by atoms with Crippen molar-refractivity contribution in [2.24, 2.45) is 0 Å². The SMILES string of the molecule is CNC(=O)CCNC1CCOC(C)C1. The summed E-state index contributed by atoms with van der Waals surface area (Å²) in [4.78, 5) is 10.9. The molecule has 0 saturated carbocycles. The summed E-state index contributed by atoms with van der Waals surface area (Å²) in [7, 11) is 1.67. The quantitative estimate of drug-likeness (QED) is 0.685. The Balaban J connectivity index is 2.08. The van der Waals surface area contributed by atoms with Crippen LogP contribution in [0.5, 0.6) is 0 Å². The van der Waals surface area contributed by atoms with E-state index in [9.17, 15) is 4.79 Å². The first-order valence-electron chi connectivity index (χ1n) is 5.28. The van der Waals surface area contributed by atoms with Crippen molar-refractivity contribution in [1.29, 1.82) is 0 Å². The second kappa shape index (κ2) is 5.98. The molecule has 0 bridgehead atoms. The maximum Gasteiger partial charge on any atom is 0.221 e. The summed E-state index contributed by atoms with van der Waals surface area (Å²) in [5, 5.41) is 5.98. The summed E-state index contributed by atoms with van der Waals surface area (Å²) >= 11 is 0. The van der Waals surface area contributed by atoms with Crippen LogP contribution in [0.25, 0.3) is 0 Å². The van der Waals surface area contributed by atoms with Gasteiger partial charge in [0.15, 0.2) is 0 Å². The van der Waals surface area contributed by atoms with Gasteiger partial charge in [-0.2, -0.15) is 0 Å². The fourth-order valence-corrected chi connectivity index (χ4v) is 1.70. The van der Waals surface area contributed by atoms with E-state index in [1.807, 2.05) is 0 Å². The summed E-state index contributed by atoms with van der Waals surface area (Å²) in [5.41, 5.74) is 0. The lowest BCUT2D eigenvalue weighted by molar-refractivity contribution is -0.120. The fraction of sp³-hybridized carbons (Fsp3) is 0.900. The molecule has 82 valence electrons. The zero-order valence-corrected chi connectivity index (χ0v) is 9.01. The normalized spacial score (nSPS) is 27.3. The second-order valence-electron chi connectivity index (χ2n) is 3.78. The van der Waals surface area contributed by atoms with Crippen LogP contribution >= 0.6 is 0 Å². The molecule has 1 aliphatic heterocycles. The number of hydrogen-bond acceptors (Lipinski definition) is 3. The van der Waals surface area contributed by atoms with E-state index in [-0.39, 0.29) is 5.91 Å². The molecule has 0 aliphatic carbocycles. The Morgan fingerprint density at radius 3 is 3.00 bits per heavy atom. The highest BCUT2D eigenvalue weighted by Gasteiger charge is 2.18. The van der Waals surface area contributed by atoms with Gasteiger partial charge in [0.05, 0.1) is 6.10 Å². The van der Waals surface area contributed by atoms with Crippen molar-refractivity contribution >= 4 is 5.91 Å². The zero-order valence-electron chi connectivity index (χ0n) is 9.01. The van der Waals surface area contributed by atoms with E-state index in [1.54, 1.807) is 7.05 Å². The number of nitrogens with one attached hydrogen (secondary N) is 2. The predicted molar refractivity (Wildman–Crippen MR) is 55.1 cm³/mol. The predicted octanol–water partition coefficient (Wildman–Crippen LogP) is 0.280. The molecule has 4 heteroatoms. The van der Waals surface area contributed by atoms with Crippen LogP contribution in [0.2, 0.25) is 0 Å². The minimum absolute atomic E-state index is 0.0950. The Kier molecular flexibility index (Phi) is 4.90. The Morgan fingerprint density at radius 2 is 2.36 bits per heavy atom. The van der Waals surface area contributed by atoms with Gasteiger partial charge in [0.25, 0.3) is 0 Å². The lowest BCUT2D eigenvalue weighted by Gasteiger charge is -2.27. The Hall–Kier alpha value is -0.610. The first-order valence-corrected chi connectivity index (χ1v) is 5.28. The molecule has 2 unspecified atom stereocenters. The average Bonchev–Trinajstić information content (AvgIpc) is 2.17. The van der Waals surface area contributed by atoms with Gasteiger partial charge in [0.2, 0.25) is 5.91 Å². The molecule has 1 amide bonds. The minimum atomic E-state index is 0.0950. The van der Waals surface area contributed by atoms with Crippen LogP contribution < -0.4 is 10.6 Å². The van der Waals surface area contributed by atoms with Crippen molar-refractivity contribution in [2.75, 3.05) is 20.2 Å². The molecule has 2 N–H and O–H groups in total. The zero-order chi connectivity index (χ0) is 10.4. The van der Waals surface area contributed by atoms with E-state index in [0.29, 0.717) is 18.6 Å². The van der Waals surface area contributed by atoms with Crippen LogP contribution in [0.1, 0.15) is 26.2 Å². The summed E-state index contributed by atoms with van der Waals surface area (Å²) in [6, 6.07) is 0.517. The average molecular weight is 200 g/mol. The first kappa shape index (κ1) is 11.5. The van der Waals surface area contributed by atoms with E-state index in [0.717, 1.165) is 26.0 Å². The van der Waals surface area contributed by atoms with Crippen molar-refractivity contribution in [3.63, 3.8) is 0 Å². The third kappa shape index (κ3) is 4.07. The minimum Gasteiger partial charge on any atom is -0.378 e. The smallest absolute Gasteiger partial charge is 0.221 e. The van der Waals surface area contributed by atoms with E-state index in [1.165, 1.54) is 0 Å². The summed E-state index contributed by atoms with van der Waals surface area (Å²) in [6.45, 7) is 3.68. The molecule has 0 aromatic rings. The number of amides is 1. The van der Waals surface area contributed by atoms with Crippen molar-refractivity contribution in [1.82, 2.24) is 10.6 Å². The maximum atomic E-state index is 10.9. The number of rotatable bonds is 4. The number of carbonyl (C=O) groups excluding carboxylic acids is 1. The highest BCUT2D eigenvalue weighted by Crippen LogP contribution is 2.12. The van der Waals surface area contributed by atoms with Crippen LogP contribution in [0.3, 0.4) is 0 Å². The molecule has 1 heterocycles. The number of carbonyl (C=O) groups is 1. The molecule has 0 aromatic heterocycles. The monoisotopic (exact) mass is 200 g/mol. The summed E-state index contributed by atoms with van der Waals surface area (Å²) < 4.78 is 5.44. The molecular formula is C10H20N2O2. The third-order valence-electron chi connectivity index (χ3n) is 2.55. The van der Waals surface area contributed by atoms with Gasteiger partial charge in [-0.15, -0.1) is 0 Å². The molecule has 14 heavy (non-hydrogen) atoms. The van der Waals surface area contributed by atoms with Gasteiger partial charge in [-0.1, -0.05) is 0 Å². The van der Waals surface area contributed by atoms with Crippen LogP contribution in [-0.4, -0.2) is 38.3 Å². The Labute approximate surface area is 85.4 Å². The Bertz CT molecular complexity index is 185. The summed E-state index contributed by atoms with van der Waals surface area (Å²) in [5.74, 6) is 0.0950. The molecule has 2 atom stereocenters. The van der Waals surface area contributed by atoms with Crippen LogP contribution in [0.4, 0.5) is 0 Å². The van der Waals surface area contributed by atoms with Crippen LogP contribution in [0, 0.1) is 0 Å². The van der Waals surface area contributed by atoms with Crippen LogP contribution in [-0.2, 0) is 9.53 Å². The van der Waals surface area contributed by atoms with Gasteiger partial charge in [0, 0.05) is 32.7 Å². The molecule has 4 nitrogen and oxygen atoms in total. The van der Waals surface area contributed by atoms with Crippen molar-refractivity contribution in [3.05, 3.63) is 0 Å². The van der Waals surface area contributed by atoms with Crippen molar-refractivity contribution in [3.8, 4) is 0 Å². The molecule has 1 saturated heterocycles. The molecular weight excluding hydrogens is 180 g/mol. The fourth-order valence-electron chi connectivity index (χ4n) is 1.70. The Morgan fingerprint density at radius 1 is 1.57 bits per heavy atom. The molecule has 1 aliphatic rings. The summed E-state index contributed by atoms with van der Waals surface area (Å²) in [6.07, 6.45) is 3.01. The first-order chi connectivity index (χ1) is 6.72. The largest absolute Gasteiger partial charge is 0.378 e. The van der Waals surface area contributed by atoms with E-state index in [2.05, 4.69) is 17.6 Å². The van der Waals surface area contributed by atoms with Crippen molar-refractivity contribution in [2.45, 2.75) is 38.3 Å². The van der Waals surface area contributed by atoms with Gasteiger partial charge >= 0.3 is 0 Å². The van der Waals surface area contributed by atoms with Crippen molar-refractivity contribution < 1.29 is 9.53 Å². The van der Waals surface area contributed by atoms with Crippen LogP contribution in [0.15, 0.2) is 0 Å². The van der Waals surface area contributed by atoms with E-state index in [4.69, 9.17) is 4.74 Å². The molecule has 0 radical (unpaired) electrons. The van der Waals surface area contributed by atoms with E-state index < -0.39 is 0 Å². The maximum absolute atomic E-state index is 10.9. The van der Waals surface area contributed by atoms with Gasteiger partial charge < -0.3 is 15.4 Å².